The first-order valence-corrected chi connectivity index (χ1v) is 8.51. The van der Waals surface area contributed by atoms with Gasteiger partial charge in [0.2, 0.25) is 0 Å². The van der Waals surface area contributed by atoms with Gasteiger partial charge in [0.1, 0.15) is 10.0 Å². The highest BCUT2D eigenvalue weighted by molar-refractivity contribution is 9.11. The molecule has 0 atom stereocenters. The Morgan fingerprint density at radius 1 is 1.17 bits per heavy atom. The monoisotopic (exact) mass is 413 g/mol. The van der Waals surface area contributed by atoms with Crippen molar-refractivity contribution in [2.75, 3.05) is 4.72 Å². The first-order chi connectivity index (χ1) is 8.40. The van der Waals surface area contributed by atoms with E-state index in [1.54, 1.807) is 12.1 Å². The van der Waals surface area contributed by atoms with Gasteiger partial charge in [-0.05, 0) is 56.1 Å². The van der Waals surface area contributed by atoms with Crippen LogP contribution in [0, 0.1) is 5.82 Å². The molecule has 3 nitrogen and oxygen atoms in total. The van der Waals surface area contributed by atoms with E-state index in [0.717, 1.165) is 11.3 Å². The number of hydrogen-bond donors (Lipinski definition) is 1. The van der Waals surface area contributed by atoms with E-state index in [-0.39, 0.29) is 9.90 Å². The van der Waals surface area contributed by atoms with E-state index in [4.69, 9.17) is 0 Å². The predicted octanol–water partition coefficient (Wildman–Crippen LogP) is 4.21. The van der Waals surface area contributed by atoms with Crippen LogP contribution in [0.3, 0.4) is 0 Å². The lowest BCUT2D eigenvalue weighted by Gasteiger charge is -2.08. The molecule has 2 rings (SSSR count). The van der Waals surface area contributed by atoms with Crippen molar-refractivity contribution in [1.82, 2.24) is 0 Å². The van der Waals surface area contributed by atoms with Gasteiger partial charge in [-0.15, -0.1) is 11.3 Å². The molecule has 0 saturated heterocycles. The van der Waals surface area contributed by atoms with E-state index < -0.39 is 15.8 Å². The lowest BCUT2D eigenvalue weighted by Crippen LogP contribution is -2.13. The molecule has 0 aliphatic carbocycles. The number of thiophene rings is 1. The summed E-state index contributed by atoms with van der Waals surface area (Å²) in [4.78, 5) is 0. The summed E-state index contributed by atoms with van der Waals surface area (Å²) < 4.78 is 40.9. The van der Waals surface area contributed by atoms with Gasteiger partial charge >= 0.3 is 0 Å². The lowest BCUT2D eigenvalue weighted by molar-refractivity contribution is 0.600. The summed E-state index contributed by atoms with van der Waals surface area (Å²) >= 11 is 7.34. The molecule has 0 aliphatic rings. The highest BCUT2D eigenvalue weighted by Crippen LogP contribution is 2.31. The van der Waals surface area contributed by atoms with Crippen molar-refractivity contribution in [2.45, 2.75) is 4.21 Å². The van der Waals surface area contributed by atoms with Crippen LogP contribution in [0.2, 0.25) is 0 Å². The summed E-state index contributed by atoms with van der Waals surface area (Å²) in [5, 5.41) is 0. The minimum Gasteiger partial charge on any atom is -0.275 e. The highest BCUT2D eigenvalue weighted by atomic mass is 79.9. The molecular formula is C10H6Br2FNO2S2. The van der Waals surface area contributed by atoms with E-state index in [0.29, 0.717) is 8.26 Å². The number of halogens is 3. The Hall–Kier alpha value is -0.440. The van der Waals surface area contributed by atoms with Crippen LogP contribution in [-0.2, 0) is 10.0 Å². The highest BCUT2D eigenvalue weighted by Gasteiger charge is 2.19. The number of hydrogen-bond acceptors (Lipinski definition) is 3. The van der Waals surface area contributed by atoms with Crippen LogP contribution >= 0.6 is 43.2 Å². The van der Waals surface area contributed by atoms with Crippen molar-refractivity contribution in [1.29, 1.82) is 0 Å². The standard InChI is InChI=1S/C10H6Br2FNO2S2/c11-6-2-1-3-7(13)10(6)14-18(15,16)9-5-4-8(12)17-9/h1-5,14H. The van der Waals surface area contributed by atoms with Crippen molar-refractivity contribution in [2.24, 2.45) is 0 Å². The van der Waals surface area contributed by atoms with Crippen LogP contribution in [0.1, 0.15) is 0 Å². The van der Waals surface area contributed by atoms with Gasteiger partial charge in [0.15, 0.2) is 0 Å². The molecule has 1 heterocycles. The third-order valence-corrected chi connectivity index (χ3v) is 6.14. The van der Waals surface area contributed by atoms with Crippen LogP contribution in [0.5, 0.6) is 0 Å². The number of benzene rings is 1. The average molecular weight is 415 g/mol. The summed E-state index contributed by atoms with van der Waals surface area (Å²) in [6, 6.07) is 7.30. The molecule has 8 heteroatoms. The van der Waals surface area contributed by atoms with Gasteiger partial charge in [-0.25, -0.2) is 12.8 Å². The van der Waals surface area contributed by atoms with Crippen LogP contribution in [-0.4, -0.2) is 8.42 Å². The Morgan fingerprint density at radius 3 is 2.44 bits per heavy atom. The Bertz CT molecular complexity index is 665. The molecule has 0 bridgehead atoms. The Kier molecular flexibility index (Phi) is 4.10. The first-order valence-electron chi connectivity index (χ1n) is 4.62. The average Bonchev–Trinajstić information content (AvgIpc) is 2.71. The normalized spacial score (nSPS) is 11.5. The molecule has 0 unspecified atom stereocenters. The van der Waals surface area contributed by atoms with Crippen molar-refractivity contribution in [3.63, 3.8) is 0 Å². The van der Waals surface area contributed by atoms with Gasteiger partial charge in [-0.2, -0.15) is 0 Å². The molecule has 0 aliphatic heterocycles. The first kappa shape index (κ1) is 14.0. The summed E-state index contributed by atoms with van der Waals surface area (Å²) in [6.07, 6.45) is 0. The molecule has 0 fully saturated rings. The van der Waals surface area contributed by atoms with Crippen molar-refractivity contribution >= 4 is 58.9 Å². The van der Waals surface area contributed by atoms with Gasteiger partial charge in [0.05, 0.1) is 9.47 Å². The van der Waals surface area contributed by atoms with Crippen LogP contribution < -0.4 is 4.72 Å². The molecule has 0 radical (unpaired) electrons. The molecule has 18 heavy (non-hydrogen) atoms. The zero-order valence-electron chi connectivity index (χ0n) is 8.65. The van der Waals surface area contributed by atoms with Gasteiger partial charge in [-0.1, -0.05) is 6.07 Å². The second-order valence-electron chi connectivity index (χ2n) is 3.26. The second-order valence-corrected chi connectivity index (χ2v) is 8.49. The molecule has 0 spiro atoms. The van der Waals surface area contributed by atoms with E-state index in [2.05, 4.69) is 36.6 Å². The zero-order valence-corrected chi connectivity index (χ0v) is 13.5. The van der Waals surface area contributed by atoms with Gasteiger partial charge in [0.25, 0.3) is 10.0 Å². The molecule has 1 aromatic carbocycles. The van der Waals surface area contributed by atoms with Gasteiger partial charge < -0.3 is 0 Å². The fourth-order valence-electron chi connectivity index (χ4n) is 1.22. The summed E-state index contributed by atoms with van der Waals surface area (Å²) in [5.41, 5.74) is -0.0953. The summed E-state index contributed by atoms with van der Waals surface area (Å²) in [5.74, 6) is -0.636. The molecular weight excluding hydrogens is 409 g/mol. The third kappa shape index (κ3) is 2.93. The van der Waals surface area contributed by atoms with E-state index in [1.807, 2.05) is 0 Å². The fourth-order valence-corrected chi connectivity index (χ4v) is 4.89. The maximum absolute atomic E-state index is 13.5. The molecule has 0 amide bonds. The van der Waals surface area contributed by atoms with E-state index >= 15 is 0 Å². The molecule has 1 N–H and O–H groups in total. The van der Waals surface area contributed by atoms with E-state index in [9.17, 15) is 12.8 Å². The maximum atomic E-state index is 13.5. The number of nitrogens with one attached hydrogen (secondary N) is 1. The van der Waals surface area contributed by atoms with E-state index in [1.165, 1.54) is 18.2 Å². The Balaban J connectivity index is 2.40. The quantitative estimate of drug-likeness (QED) is 0.817. The van der Waals surface area contributed by atoms with Crippen LogP contribution in [0.15, 0.2) is 42.8 Å². The summed E-state index contributed by atoms with van der Waals surface area (Å²) in [6.45, 7) is 0. The van der Waals surface area contributed by atoms with Crippen LogP contribution in [0.25, 0.3) is 0 Å². The van der Waals surface area contributed by atoms with Crippen molar-refractivity contribution < 1.29 is 12.8 Å². The largest absolute Gasteiger partial charge is 0.275 e. The zero-order chi connectivity index (χ0) is 13.3. The maximum Gasteiger partial charge on any atom is 0.271 e. The predicted molar refractivity (Wildman–Crippen MR) is 76.9 cm³/mol. The molecule has 1 aromatic heterocycles. The number of para-hydroxylation sites is 1. The van der Waals surface area contributed by atoms with Gasteiger partial charge in [-0.3, -0.25) is 4.72 Å². The lowest BCUT2D eigenvalue weighted by atomic mass is 10.3. The summed E-state index contributed by atoms with van der Waals surface area (Å²) in [7, 11) is -3.77. The minimum absolute atomic E-state index is 0.0953. The SMILES string of the molecule is O=S(=O)(Nc1c(F)cccc1Br)c1ccc(Br)s1. The van der Waals surface area contributed by atoms with Crippen LogP contribution in [0.4, 0.5) is 10.1 Å². The molecule has 96 valence electrons. The third-order valence-electron chi connectivity index (χ3n) is 2.01. The fraction of sp³-hybridized carbons (Fsp3) is 0. The topological polar surface area (TPSA) is 46.2 Å². The number of anilines is 1. The minimum atomic E-state index is -3.77. The smallest absolute Gasteiger partial charge is 0.271 e. The Labute approximate surface area is 124 Å². The number of rotatable bonds is 3. The van der Waals surface area contributed by atoms with Gasteiger partial charge in [0, 0.05) is 4.47 Å². The Morgan fingerprint density at radius 2 is 1.89 bits per heavy atom. The second kappa shape index (κ2) is 5.28. The molecule has 0 saturated carbocycles. The molecule has 2 aromatic rings. The van der Waals surface area contributed by atoms with Crippen molar-refractivity contribution in [3.05, 3.63) is 44.4 Å². The number of sulfonamides is 1. The van der Waals surface area contributed by atoms with Crippen molar-refractivity contribution in [3.8, 4) is 0 Å².